The lowest BCUT2D eigenvalue weighted by atomic mass is 9.69. The minimum absolute atomic E-state index is 0.625. The maximum atomic E-state index is 12.6. The van der Waals surface area contributed by atoms with Crippen LogP contribution in [0, 0.1) is 0 Å². The summed E-state index contributed by atoms with van der Waals surface area (Å²) in [6, 6.07) is 9.48. The molecule has 1 rings (SSSR count). The highest BCUT2D eigenvalue weighted by molar-refractivity contribution is 6.36. The summed E-state index contributed by atoms with van der Waals surface area (Å²) in [7, 11) is 0. The summed E-state index contributed by atoms with van der Waals surface area (Å²) < 4.78 is 0. The second-order valence-electron chi connectivity index (χ2n) is 6.00. The first-order chi connectivity index (χ1) is 10.6. The smallest absolute Gasteiger partial charge is 0.373 e. The van der Waals surface area contributed by atoms with Gasteiger partial charge >= 0.3 is 5.97 Å². The number of Topliss-reactive ketones (excluding diaryl/α,β-unsaturated/α-hetero) is 1. The Bertz CT molecular complexity index is 455. The molecule has 0 fully saturated rings. The minimum Gasteiger partial charge on any atom is -0.475 e. The fourth-order valence-electron chi connectivity index (χ4n) is 3.09. The molecular weight excluding hydrogens is 276 g/mol. The standard InChI is InChI=1S/C19H28O3/c1-3-5-10-14-19(15-11-6-4-2,17(20)18(21)22)16-12-8-7-9-13-16/h7-9,12-13H,3-6,10-11,14-15H2,1-2H3,(H,21,22). The molecule has 0 aliphatic rings. The highest BCUT2D eigenvalue weighted by Gasteiger charge is 2.42. The summed E-state index contributed by atoms with van der Waals surface area (Å²) >= 11 is 0. The van der Waals surface area contributed by atoms with Crippen LogP contribution in [-0.2, 0) is 15.0 Å². The van der Waals surface area contributed by atoms with Crippen LogP contribution in [0.2, 0.25) is 0 Å². The number of carbonyl (C=O) groups excluding carboxylic acids is 1. The van der Waals surface area contributed by atoms with E-state index in [1.54, 1.807) is 0 Å². The third-order valence-corrected chi connectivity index (χ3v) is 4.37. The van der Waals surface area contributed by atoms with E-state index in [1.807, 2.05) is 30.3 Å². The Morgan fingerprint density at radius 1 is 0.909 bits per heavy atom. The van der Waals surface area contributed by atoms with E-state index in [0.717, 1.165) is 44.1 Å². The molecule has 3 heteroatoms. The van der Waals surface area contributed by atoms with Gasteiger partial charge in [0.25, 0.3) is 0 Å². The van der Waals surface area contributed by atoms with Gasteiger partial charge in [0, 0.05) is 0 Å². The van der Waals surface area contributed by atoms with Crippen molar-refractivity contribution in [3.63, 3.8) is 0 Å². The van der Waals surface area contributed by atoms with E-state index in [-0.39, 0.29) is 0 Å². The molecular formula is C19H28O3. The topological polar surface area (TPSA) is 54.4 Å². The predicted molar refractivity (Wildman–Crippen MR) is 89.0 cm³/mol. The third-order valence-electron chi connectivity index (χ3n) is 4.37. The molecule has 3 nitrogen and oxygen atoms in total. The van der Waals surface area contributed by atoms with Crippen LogP contribution in [0.25, 0.3) is 0 Å². The Balaban J connectivity index is 3.15. The number of hydrogen-bond acceptors (Lipinski definition) is 2. The highest BCUT2D eigenvalue weighted by Crippen LogP contribution is 2.37. The zero-order chi connectivity index (χ0) is 16.4. The molecule has 1 aromatic carbocycles. The first kappa shape index (κ1) is 18.4. The number of hydrogen-bond donors (Lipinski definition) is 1. The van der Waals surface area contributed by atoms with Crippen molar-refractivity contribution in [2.24, 2.45) is 0 Å². The van der Waals surface area contributed by atoms with Gasteiger partial charge in [-0.15, -0.1) is 0 Å². The second kappa shape index (κ2) is 9.39. The number of unbranched alkanes of at least 4 members (excludes halogenated alkanes) is 4. The van der Waals surface area contributed by atoms with Gasteiger partial charge in [-0.05, 0) is 18.4 Å². The van der Waals surface area contributed by atoms with E-state index >= 15 is 0 Å². The zero-order valence-electron chi connectivity index (χ0n) is 13.8. The van der Waals surface area contributed by atoms with Crippen molar-refractivity contribution in [2.45, 2.75) is 70.6 Å². The molecule has 0 atom stereocenters. The number of aliphatic carboxylic acids is 1. The van der Waals surface area contributed by atoms with E-state index < -0.39 is 17.2 Å². The molecule has 122 valence electrons. The molecule has 0 aliphatic carbocycles. The van der Waals surface area contributed by atoms with Crippen molar-refractivity contribution >= 4 is 11.8 Å². The van der Waals surface area contributed by atoms with Gasteiger partial charge in [0.05, 0.1) is 5.41 Å². The summed E-state index contributed by atoms with van der Waals surface area (Å²) in [5.41, 5.74) is -0.00754. The van der Waals surface area contributed by atoms with Crippen LogP contribution in [0.5, 0.6) is 0 Å². The van der Waals surface area contributed by atoms with Crippen molar-refractivity contribution in [3.8, 4) is 0 Å². The quantitative estimate of drug-likeness (QED) is 0.474. The highest BCUT2D eigenvalue weighted by atomic mass is 16.4. The van der Waals surface area contributed by atoms with E-state index in [1.165, 1.54) is 0 Å². The van der Waals surface area contributed by atoms with Gasteiger partial charge in [0.1, 0.15) is 0 Å². The monoisotopic (exact) mass is 304 g/mol. The van der Waals surface area contributed by atoms with Gasteiger partial charge in [-0.2, -0.15) is 0 Å². The lowest BCUT2D eigenvalue weighted by Crippen LogP contribution is -2.40. The molecule has 0 bridgehead atoms. The fourth-order valence-corrected chi connectivity index (χ4v) is 3.09. The van der Waals surface area contributed by atoms with Crippen molar-refractivity contribution in [1.82, 2.24) is 0 Å². The zero-order valence-corrected chi connectivity index (χ0v) is 13.8. The number of carboxylic acid groups (broad SMARTS) is 1. The largest absolute Gasteiger partial charge is 0.475 e. The molecule has 0 saturated carbocycles. The molecule has 0 spiro atoms. The molecule has 0 unspecified atom stereocenters. The molecule has 1 aromatic rings. The molecule has 22 heavy (non-hydrogen) atoms. The maximum Gasteiger partial charge on any atom is 0.373 e. The molecule has 0 aliphatic heterocycles. The van der Waals surface area contributed by atoms with Crippen molar-refractivity contribution < 1.29 is 14.7 Å². The SMILES string of the molecule is CCCCCC(CCCCC)(C(=O)C(=O)O)c1ccccc1. The minimum atomic E-state index is -1.31. The Hall–Kier alpha value is -1.64. The number of benzene rings is 1. The number of carbonyl (C=O) groups is 2. The van der Waals surface area contributed by atoms with Gasteiger partial charge in [-0.25, -0.2) is 4.79 Å². The van der Waals surface area contributed by atoms with Crippen LogP contribution in [0.15, 0.2) is 30.3 Å². The van der Waals surface area contributed by atoms with E-state index in [9.17, 15) is 14.7 Å². The van der Waals surface area contributed by atoms with Gasteiger partial charge in [0.15, 0.2) is 0 Å². The van der Waals surface area contributed by atoms with Crippen molar-refractivity contribution in [1.29, 1.82) is 0 Å². The first-order valence-electron chi connectivity index (χ1n) is 8.41. The van der Waals surface area contributed by atoms with Gasteiger partial charge in [-0.3, -0.25) is 4.79 Å². The third kappa shape index (κ3) is 4.69. The van der Waals surface area contributed by atoms with Gasteiger partial charge in [0.2, 0.25) is 5.78 Å². The summed E-state index contributed by atoms with van der Waals surface area (Å²) in [5, 5.41) is 9.34. The van der Waals surface area contributed by atoms with Gasteiger partial charge in [-0.1, -0.05) is 82.7 Å². The van der Waals surface area contributed by atoms with Crippen LogP contribution in [0.4, 0.5) is 0 Å². The Morgan fingerprint density at radius 2 is 1.41 bits per heavy atom. The summed E-state index contributed by atoms with van der Waals surface area (Å²) in [6.07, 6.45) is 7.18. The Labute approximate surface area is 133 Å². The Kier molecular flexibility index (Phi) is 7.86. The molecule has 0 amide bonds. The lowest BCUT2D eigenvalue weighted by Gasteiger charge is -2.32. The molecule has 0 aromatic heterocycles. The average Bonchev–Trinajstić information content (AvgIpc) is 2.54. The summed E-state index contributed by atoms with van der Waals surface area (Å²) in [6.45, 7) is 4.22. The number of ketones is 1. The van der Waals surface area contributed by atoms with E-state index in [2.05, 4.69) is 13.8 Å². The first-order valence-corrected chi connectivity index (χ1v) is 8.41. The van der Waals surface area contributed by atoms with E-state index in [0.29, 0.717) is 12.8 Å². The summed E-state index contributed by atoms with van der Waals surface area (Å²) in [4.78, 5) is 24.0. The molecule has 1 N–H and O–H groups in total. The van der Waals surface area contributed by atoms with Gasteiger partial charge < -0.3 is 5.11 Å². The maximum absolute atomic E-state index is 12.6. The lowest BCUT2D eigenvalue weighted by molar-refractivity contribution is -0.152. The number of carboxylic acids is 1. The normalized spacial score (nSPS) is 11.4. The second-order valence-corrected chi connectivity index (χ2v) is 6.00. The van der Waals surface area contributed by atoms with Crippen LogP contribution >= 0.6 is 0 Å². The van der Waals surface area contributed by atoms with Crippen LogP contribution in [0.3, 0.4) is 0 Å². The summed E-state index contributed by atoms with van der Waals surface area (Å²) in [5.74, 6) is -1.96. The van der Waals surface area contributed by atoms with Crippen LogP contribution in [0.1, 0.15) is 70.8 Å². The molecule has 0 radical (unpaired) electrons. The van der Waals surface area contributed by atoms with Crippen LogP contribution < -0.4 is 0 Å². The number of rotatable bonds is 11. The Morgan fingerprint density at radius 3 is 1.82 bits per heavy atom. The average molecular weight is 304 g/mol. The predicted octanol–water partition coefficient (Wildman–Crippen LogP) is 4.74. The molecule has 0 heterocycles. The van der Waals surface area contributed by atoms with Crippen molar-refractivity contribution in [2.75, 3.05) is 0 Å². The molecule has 0 saturated heterocycles. The van der Waals surface area contributed by atoms with E-state index in [4.69, 9.17) is 0 Å². The fraction of sp³-hybridized carbons (Fsp3) is 0.579. The van der Waals surface area contributed by atoms with Crippen LogP contribution in [-0.4, -0.2) is 16.9 Å². The van der Waals surface area contributed by atoms with Crippen molar-refractivity contribution in [3.05, 3.63) is 35.9 Å².